The van der Waals surface area contributed by atoms with Crippen molar-refractivity contribution in [3.05, 3.63) is 35.4 Å². The van der Waals surface area contributed by atoms with Crippen LogP contribution in [0.4, 0.5) is 0 Å². The van der Waals surface area contributed by atoms with Crippen molar-refractivity contribution in [1.29, 1.82) is 0 Å². The number of piperidine rings is 1. The van der Waals surface area contributed by atoms with Gasteiger partial charge < -0.3 is 10.2 Å². The highest BCUT2D eigenvalue weighted by molar-refractivity contribution is 5.78. The maximum atomic E-state index is 12.0. The van der Waals surface area contributed by atoms with Gasteiger partial charge in [0.25, 0.3) is 0 Å². The summed E-state index contributed by atoms with van der Waals surface area (Å²) < 4.78 is 0. The zero-order valence-corrected chi connectivity index (χ0v) is 13.1. The summed E-state index contributed by atoms with van der Waals surface area (Å²) in [5, 5.41) is 3.82. The fourth-order valence-electron chi connectivity index (χ4n) is 3.65. The van der Waals surface area contributed by atoms with Gasteiger partial charge in [-0.05, 0) is 36.8 Å². The molecule has 1 aliphatic heterocycles. The minimum atomic E-state index is 0.121. The predicted molar refractivity (Wildman–Crippen MR) is 85.1 cm³/mol. The Morgan fingerprint density at radius 2 is 1.90 bits per heavy atom. The van der Waals surface area contributed by atoms with Gasteiger partial charge in [0.1, 0.15) is 0 Å². The van der Waals surface area contributed by atoms with Crippen LogP contribution < -0.4 is 5.32 Å². The molecule has 0 aromatic heterocycles. The first-order valence-electron chi connectivity index (χ1n) is 8.28. The lowest BCUT2D eigenvalue weighted by molar-refractivity contribution is -0.135. The highest BCUT2D eigenvalue weighted by Crippen LogP contribution is 2.31. The van der Waals surface area contributed by atoms with Crippen molar-refractivity contribution in [1.82, 2.24) is 10.2 Å². The SMILES string of the molecule is CC(C)C(=O)N1CCC(NC2CCc3ccccc32)CC1. The molecular formula is C18H26N2O. The van der Waals surface area contributed by atoms with Crippen molar-refractivity contribution >= 4 is 5.91 Å². The highest BCUT2D eigenvalue weighted by atomic mass is 16.2. The van der Waals surface area contributed by atoms with Crippen LogP contribution in [0, 0.1) is 5.92 Å². The molecule has 1 atom stereocenters. The molecule has 0 spiro atoms. The molecule has 1 aromatic carbocycles. The molecule has 2 aliphatic rings. The van der Waals surface area contributed by atoms with Crippen molar-refractivity contribution in [2.75, 3.05) is 13.1 Å². The van der Waals surface area contributed by atoms with Gasteiger partial charge in [0.05, 0.1) is 0 Å². The third-order valence-electron chi connectivity index (χ3n) is 4.87. The molecule has 3 rings (SSSR count). The van der Waals surface area contributed by atoms with E-state index >= 15 is 0 Å². The summed E-state index contributed by atoms with van der Waals surface area (Å²) >= 11 is 0. The Bertz CT molecular complexity index is 504. The van der Waals surface area contributed by atoms with Crippen molar-refractivity contribution in [2.45, 2.75) is 51.6 Å². The van der Waals surface area contributed by atoms with Crippen LogP contribution in [0.25, 0.3) is 0 Å². The van der Waals surface area contributed by atoms with Crippen LogP contribution in [0.2, 0.25) is 0 Å². The molecule has 1 saturated heterocycles. The van der Waals surface area contributed by atoms with Gasteiger partial charge in [-0.2, -0.15) is 0 Å². The summed E-state index contributed by atoms with van der Waals surface area (Å²) in [6.45, 7) is 5.79. The van der Waals surface area contributed by atoms with E-state index in [0.29, 0.717) is 18.0 Å². The summed E-state index contributed by atoms with van der Waals surface area (Å²) in [5.74, 6) is 0.427. The van der Waals surface area contributed by atoms with Gasteiger partial charge in [-0.3, -0.25) is 4.79 Å². The number of hydrogen-bond donors (Lipinski definition) is 1. The van der Waals surface area contributed by atoms with Crippen molar-refractivity contribution in [2.24, 2.45) is 5.92 Å². The lowest BCUT2D eigenvalue weighted by Gasteiger charge is -2.35. The smallest absolute Gasteiger partial charge is 0.225 e. The van der Waals surface area contributed by atoms with E-state index in [2.05, 4.69) is 29.6 Å². The van der Waals surface area contributed by atoms with Gasteiger partial charge in [0, 0.05) is 31.1 Å². The quantitative estimate of drug-likeness (QED) is 0.926. The molecule has 0 bridgehead atoms. The standard InChI is InChI=1S/C18H26N2O/c1-13(2)18(21)20-11-9-15(10-12-20)19-17-8-7-14-5-3-4-6-16(14)17/h3-6,13,15,17,19H,7-12H2,1-2H3. The number of aryl methyl sites for hydroxylation is 1. The van der Waals surface area contributed by atoms with Crippen molar-refractivity contribution in [3.8, 4) is 0 Å². The summed E-state index contributed by atoms with van der Waals surface area (Å²) in [7, 11) is 0. The molecule has 21 heavy (non-hydrogen) atoms. The van der Waals surface area contributed by atoms with Crippen LogP contribution in [0.15, 0.2) is 24.3 Å². The Balaban J connectivity index is 1.54. The number of nitrogens with one attached hydrogen (secondary N) is 1. The molecule has 1 N–H and O–H groups in total. The zero-order valence-electron chi connectivity index (χ0n) is 13.1. The Hall–Kier alpha value is -1.35. The first-order valence-corrected chi connectivity index (χ1v) is 8.28. The first-order chi connectivity index (χ1) is 10.1. The number of rotatable bonds is 3. The largest absolute Gasteiger partial charge is 0.342 e. The van der Waals surface area contributed by atoms with Gasteiger partial charge in [0.15, 0.2) is 0 Å². The summed E-state index contributed by atoms with van der Waals surface area (Å²) in [4.78, 5) is 14.1. The number of nitrogens with zero attached hydrogens (tertiary/aromatic N) is 1. The number of benzene rings is 1. The monoisotopic (exact) mass is 286 g/mol. The van der Waals surface area contributed by atoms with E-state index in [1.165, 1.54) is 24.0 Å². The number of fused-ring (bicyclic) bond motifs is 1. The van der Waals surface area contributed by atoms with E-state index < -0.39 is 0 Å². The van der Waals surface area contributed by atoms with Crippen LogP contribution in [0.5, 0.6) is 0 Å². The van der Waals surface area contributed by atoms with Gasteiger partial charge >= 0.3 is 0 Å². The molecule has 0 radical (unpaired) electrons. The second kappa shape index (κ2) is 6.18. The predicted octanol–water partition coefficient (Wildman–Crippen LogP) is 2.91. The summed E-state index contributed by atoms with van der Waals surface area (Å²) in [6.07, 6.45) is 4.57. The van der Waals surface area contributed by atoms with Crippen LogP contribution in [0.3, 0.4) is 0 Å². The molecule has 1 aromatic rings. The average molecular weight is 286 g/mol. The van der Waals surface area contributed by atoms with E-state index in [-0.39, 0.29) is 5.92 Å². The van der Waals surface area contributed by atoms with Crippen LogP contribution in [0.1, 0.15) is 50.3 Å². The van der Waals surface area contributed by atoms with Crippen LogP contribution in [-0.4, -0.2) is 29.9 Å². The Morgan fingerprint density at radius 1 is 1.19 bits per heavy atom. The van der Waals surface area contributed by atoms with E-state index in [0.717, 1.165) is 25.9 Å². The Labute approximate surface area is 127 Å². The highest BCUT2D eigenvalue weighted by Gasteiger charge is 2.28. The third-order valence-corrected chi connectivity index (χ3v) is 4.87. The number of carbonyl (C=O) groups is 1. The summed E-state index contributed by atoms with van der Waals surface area (Å²) in [6, 6.07) is 9.86. The van der Waals surface area contributed by atoms with Gasteiger partial charge in [-0.15, -0.1) is 0 Å². The molecule has 3 nitrogen and oxygen atoms in total. The number of carbonyl (C=O) groups excluding carboxylic acids is 1. The lowest BCUT2D eigenvalue weighted by atomic mass is 10.0. The molecule has 1 heterocycles. The van der Waals surface area contributed by atoms with Gasteiger partial charge in [-0.1, -0.05) is 38.1 Å². The molecule has 1 amide bonds. The molecule has 3 heteroatoms. The normalized spacial score (nSPS) is 22.6. The number of hydrogen-bond acceptors (Lipinski definition) is 2. The maximum absolute atomic E-state index is 12.0. The fraction of sp³-hybridized carbons (Fsp3) is 0.611. The minimum Gasteiger partial charge on any atom is -0.342 e. The molecule has 1 unspecified atom stereocenters. The zero-order chi connectivity index (χ0) is 14.8. The molecule has 0 saturated carbocycles. The molecule has 1 fully saturated rings. The van der Waals surface area contributed by atoms with Gasteiger partial charge in [0.2, 0.25) is 5.91 Å². The topological polar surface area (TPSA) is 32.3 Å². The maximum Gasteiger partial charge on any atom is 0.225 e. The lowest BCUT2D eigenvalue weighted by Crippen LogP contribution is -2.46. The fourth-order valence-corrected chi connectivity index (χ4v) is 3.65. The van der Waals surface area contributed by atoms with Crippen molar-refractivity contribution < 1.29 is 4.79 Å². The Kier molecular flexibility index (Phi) is 4.29. The Morgan fingerprint density at radius 3 is 2.62 bits per heavy atom. The molecular weight excluding hydrogens is 260 g/mol. The van der Waals surface area contributed by atoms with Crippen molar-refractivity contribution in [3.63, 3.8) is 0 Å². The van der Waals surface area contributed by atoms with Crippen LogP contribution in [-0.2, 0) is 11.2 Å². The third kappa shape index (κ3) is 3.13. The van der Waals surface area contributed by atoms with E-state index in [9.17, 15) is 4.79 Å². The number of amides is 1. The summed E-state index contributed by atoms with van der Waals surface area (Å²) in [5.41, 5.74) is 2.99. The van der Waals surface area contributed by atoms with E-state index in [4.69, 9.17) is 0 Å². The minimum absolute atomic E-state index is 0.121. The first kappa shape index (κ1) is 14.6. The average Bonchev–Trinajstić information content (AvgIpc) is 2.91. The second-order valence-corrected chi connectivity index (χ2v) is 6.71. The molecule has 114 valence electrons. The second-order valence-electron chi connectivity index (χ2n) is 6.71. The molecule has 1 aliphatic carbocycles. The van der Waals surface area contributed by atoms with Crippen LogP contribution >= 0.6 is 0 Å². The van der Waals surface area contributed by atoms with E-state index in [1.54, 1.807) is 0 Å². The van der Waals surface area contributed by atoms with E-state index in [1.807, 2.05) is 18.7 Å². The number of likely N-dealkylation sites (tertiary alicyclic amines) is 1. The van der Waals surface area contributed by atoms with Gasteiger partial charge in [-0.25, -0.2) is 0 Å².